The molecule has 1 aromatic heterocycles. The zero-order valence-electron chi connectivity index (χ0n) is 13.2. The molecule has 8 heteroatoms. The van der Waals surface area contributed by atoms with Crippen LogP contribution in [0.3, 0.4) is 0 Å². The van der Waals surface area contributed by atoms with Crippen molar-refractivity contribution in [3.8, 4) is 0 Å². The van der Waals surface area contributed by atoms with Crippen LogP contribution in [0, 0.1) is 22.0 Å². The Balaban J connectivity index is 1.52. The van der Waals surface area contributed by atoms with Gasteiger partial charge < -0.3 is 4.90 Å². The van der Waals surface area contributed by atoms with Crippen LogP contribution in [0.5, 0.6) is 0 Å². The van der Waals surface area contributed by atoms with E-state index >= 15 is 0 Å². The summed E-state index contributed by atoms with van der Waals surface area (Å²) in [5.41, 5.74) is 1.38. The SMILES string of the molecule is O=C(N1CCC2CCC([N+](=O)[O-])CC2C1)n1nnc2ccccc21. The zero-order chi connectivity index (χ0) is 16.7. The van der Waals surface area contributed by atoms with Crippen molar-refractivity contribution in [2.75, 3.05) is 13.1 Å². The number of nitro groups is 1. The predicted molar refractivity (Wildman–Crippen MR) is 86.1 cm³/mol. The maximum Gasteiger partial charge on any atom is 0.346 e. The van der Waals surface area contributed by atoms with Crippen molar-refractivity contribution < 1.29 is 9.72 Å². The number of benzene rings is 1. The number of aromatic nitrogens is 3. The topological polar surface area (TPSA) is 94.2 Å². The van der Waals surface area contributed by atoms with Crippen LogP contribution >= 0.6 is 0 Å². The van der Waals surface area contributed by atoms with E-state index in [2.05, 4.69) is 10.3 Å². The van der Waals surface area contributed by atoms with Gasteiger partial charge in [-0.3, -0.25) is 10.1 Å². The molecule has 2 fully saturated rings. The highest BCUT2D eigenvalue weighted by atomic mass is 16.6. The molecule has 1 amide bonds. The molecule has 1 aliphatic heterocycles. The van der Waals surface area contributed by atoms with E-state index in [9.17, 15) is 14.9 Å². The zero-order valence-corrected chi connectivity index (χ0v) is 13.2. The molecule has 0 N–H and O–H groups in total. The van der Waals surface area contributed by atoms with Gasteiger partial charge in [-0.15, -0.1) is 5.10 Å². The number of para-hydroxylation sites is 1. The van der Waals surface area contributed by atoms with Crippen molar-refractivity contribution in [2.45, 2.75) is 31.7 Å². The minimum atomic E-state index is -0.464. The Morgan fingerprint density at radius 2 is 2.04 bits per heavy atom. The normalized spacial score (nSPS) is 27.0. The number of hydrogen-bond acceptors (Lipinski definition) is 5. The second-order valence-corrected chi connectivity index (χ2v) is 6.78. The highest BCUT2D eigenvalue weighted by molar-refractivity contribution is 5.87. The summed E-state index contributed by atoms with van der Waals surface area (Å²) < 4.78 is 1.34. The monoisotopic (exact) mass is 329 g/mol. The van der Waals surface area contributed by atoms with Crippen molar-refractivity contribution in [1.29, 1.82) is 0 Å². The van der Waals surface area contributed by atoms with Crippen LogP contribution < -0.4 is 0 Å². The fraction of sp³-hybridized carbons (Fsp3) is 0.562. The van der Waals surface area contributed by atoms with Crippen molar-refractivity contribution in [2.24, 2.45) is 11.8 Å². The number of carbonyl (C=O) groups is 1. The Bertz CT molecular complexity index is 789. The van der Waals surface area contributed by atoms with Gasteiger partial charge in [-0.1, -0.05) is 17.3 Å². The number of hydrogen-bond donors (Lipinski definition) is 0. The summed E-state index contributed by atoms with van der Waals surface area (Å²) in [5, 5.41) is 19.1. The van der Waals surface area contributed by atoms with Gasteiger partial charge in [-0.25, -0.2) is 4.79 Å². The van der Waals surface area contributed by atoms with Crippen molar-refractivity contribution in [1.82, 2.24) is 19.9 Å². The summed E-state index contributed by atoms with van der Waals surface area (Å²) in [7, 11) is 0. The van der Waals surface area contributed by atoms with Gasteiger partial charge in [0.05, 0.1) is 5.52 Å². The van der Waals surface area contributed by atoms with Crippen LogP contribution in [0.1, 0.15) is 25.7 Å². The number of nitrogens with zero attached hydrogens (tertiary/aromatic N) is 5. The average molecular weight is 329 g/mol. The summed E-state index contributed by atoms with van der Waals surface area (Å²) in [6.07, 6.45) is 3.04. The number of carbonyl (C=O) groups excluding carboxylic acids is 1. The third-order valence-corrected chi connectivity index (χ3v) is 5.44. The van der Waals surface area contributed by atoms with Crippen molar-refractivity contribution >= 4 is 17.1 Å². The van der Waals surface area contributed by atoms with E-state index in [1.54, 1.807) is 4.90 Å². The standard InChI is InChI=1S/C16H19N5O3/c22-16(20-15-4-2-1-3-14(15)17-18-20)19-8-7-11-5-6-13(21(23)24)9-12(11)10-19/h1-4,11-13H,5-10H2. The largest absolute Gasteiger partial charge is 0.346 e. The molecular weight excluding hydrogens is 310 g/mol. The Kier molecular flexibility index (Phi) is 3.66. The molecule has 3 unspecified atom stereocenters. The molecule has 2 heterocycles. The van der Waals surface area contributed by atoms with E-state index in [1.807, 2.05) is 24.3 Å². The van der Waals surface area contributed by atoms with E-state index < -0.39 is 6.04 Å². The number of piperidine rings is 1. The smallest absolute Gasteiger partial charge is 0.323 e. The van der Waals surface area contributed by atoms with Crippen molar-refractivity contribution in [3.63, 3.8) is 0 Å². The maximum absolute atomic E-state index is 12.8. The molecule has 1 saturated heterocycles. The van der Waals surface area contributed by atoms with Crippen LogP contribution in [0.4, 0.5) is 4.79 Å². The van der Waals surface area contributed by atoms with Crippen molar-refractivity contribution in [3.05, 3.63) is 34.4 Å². The molecular formula is C16H19N5O3. The van der Waals surface area contributed by atoms with Gasteiger partial charge in [0.25, 0.3) is 0 Å². The molecule has 2 aliphatic rings. The van der Waals surface area contributed by atoms with Crippen LogP contribution in [-0.4, -0.2) is 50.0 Å². The minimum Gasteiger partial charge on any atom is -0.323 e. The molecule has 24 heavy (non-hydrogen) atoms. The first-order valence-corrected chi connectivity index (χ1v) is 8.36. The molecule has 126 valence electrons. The van der Waals surface area contributed by atoms with Gasteiger partial charge >= 0.3 is 6.03 Å². The average Bonchev–Trinajstić information content (AvgIpc) is 3.04. The molecule has 3 atom stereocenters. The first kappa shape index (κ1) is 15.0. The molecule has 0 spiro atoms. The molecule has 8 nitrogen and oxygen atoms in total. The number of likely N-dealkylation sites (tertiary alicyclic amines) is 1. The van der Waals surface area contributed by atoms with Crippen LogP contribution in [0.15, 0.2) is 24.3 Å². The Morgan fingerprint density at radius 3 is 2.88 bits per heavy atom. The third-order valence-electron chi connectivity index (χ3n) is 5.44. The lowest BCUT2D eigenvalue weighted by atomic mass is 9.73. The van der Waals surface area contributed by atoms with E-state index in [0.717, 1.165) is 12.8 Å². The fourth-order valence-corrected chi connectivity index (χ4v) is 4.11. The van der Waals surface area contributed by atoms with Crippen LogP contribution in [0.2, 0.25) is 0 Å². The predicted octanol–water partition coefficient (Wildman–Crippen LogP) is 2.17. The molecule has 1 saturated carbocycles. The first-order chi connectivity index (χ1) is 11.6. The lowest BCUT2D eigenvalue weighted by Crippen LogP contribution is -2.48. The van der Waals surface area contributed by atoms with E-state index in [-0.39, 0.29) is 16.9 Å². The summed E-state index contributed by atoms with van der Waals surface area (Å²) in [6.45, 7) is 1.25. The highest BCUT2D eigenvalue weighted by Gasteiger charge is 2.40. The second-order valence-electron chi connectivity index (χ2n) is 6.78. The van der Waals surface area contributed by atoms with Gasteiger partial charge in [0.2, 0.25) is 6.04 Å². The first-order valence-electron chi connectivity index (χ1n) is 8.36. The summed E-state index contributed by atoms with van der Waals surface area (Å²) in [5.74, 6) is 0.708. The Labute approximate surface area is 138 Å². The summed E-state index contributed by atoms with van der Waals surface area (Å²) >= 11 is 0. The van der Waals surface area contributed by atoms with Gasteiger partial charge in [-0.2, -0.15) is 4.68 Å². The van der Waals surface area contributed by atoms with E-state index in [0.29, 0.717) is 42.9 Å². The highest BCUT2D eigenvalue weighted by Crippen LogP contribution is 2.37. The Hall–Kier alpha value is -2.51. The van der Waals surface area contributed by atoms with Gasteiger partial charge in [-0.05, 0) is 36.8 Å². The third kappa shape index (κ3) is 2.51. The molecule has 1 aromatic carbocycles. The lowest BCUT2D eigenvalue weighted by molar-refractivity contribution is -0.529. The molecule has 4 rings (SSSR count). The summed E-state index contributed by atoms with van der Waals surface area (Å²) in [4.78, 5) is 25.5. The second kappa shape index (κ2) is 5.85. The minimum absolute atomic E-state index is 0.165. The van der Waals surface area contributed by atoms with Crippen LogP contribution in [-0.2, 0) is 0 Å². The molecule has 1 aliphatic carbocycles. The molecule has 2 aromatic rings. The molecule has 0 radical (unpaired) electrons. The summed E-state index contributed by atoms with van der Waals surface area (Å²) in [6, 6.07) is 6.70. The van der Waals surface area contributed by atoms with Gasteiger partial charge in [0, 0.05) is 30.9 Å². The quantitative estimate of drug-likeness (QED) is 0.590. The van der Waals surface area contributed by atoms with Gasteiger partial charge in [0.15, 0.2) is 0 Å². The number of rotatable bonds is 1. The van der Waals surface area contributed by atoms with Gasteiger partial charge in [0.1, 0.15) is 5.52 Å². The lowest BCUT2D eigenvalue weighted by Gasteiger charge is -2.41. The number of fused-ring (bicyclic) bond motifs is 2. The van der Waals surface area contributed by atoms with E-state index in [1.165, 1.54) is 4.68 Å². The maximum atomic E-state index is 12.8. The fourth-order valence-electron chi connectivity index (χ4n) is 4.11. The van der Waals surface area contributed by atoms with E-state index in [4.69, 9.17) is 0 Å². The Morgan fingerprint density at radius 1 is 1.21 bits per heavy atom. The molecule has 0 bridgehead atoms. The van der Waals surface area contributed by atoms with Crippen LogP contribution in [0.25, 0.3) is 11.0 Å². The number of amides is 1.